The lowest BCUT2D eigenvalue weighted by Gasteiger charge is -1.98. The van der Waals surface area contributed by atoms with E-state index in [4.69, 9.17) is 0 Å². The fraction of sp³-hybridized carbons (Fsp3) is 0.0667. The van der Waals surface area contributed by atoms with Gasteiger partial charge in [0.1, 0.15) is 5.69 Å². The van der Waals surface area contributed by atoms with Crippen molar-refractivity contribution in [3.05, 3.63) is 54.5 Å². The van der Waals surface area contributed by atoms with Gasteiger partial charge in [0.15, 0.2) is 0 Å². The molecule has 1 aromatic carbocycles. The molecule has 4 aromatic rings. The monoisotopic (exact) mass is 293 g/mol. The number of aromatic nitrogens is 5. The molecule has 21 heavy (non-hydrogen) atoms. The van der Waals surface area contributed by atoms with Crippen molar-refractivity contribution in [1.29, 1.82) is 0 Å². The summed E-state index contributed by atoms with van der Waals surface area (Å²) in [5.74, 6) is 0. The normalized spacial score (nSPS) is 11.1. The largest absolute Gasteiger partial charge is 0.264 e. The molecule has 0 spiro atoms. The first kappa shape index (κ1) is 12.2. The van der Waals surface area contributed by atoms with Crippen LogP contribution in [0.15, 0.2) is 48.9 Å². The molecule has 6 heteroatoms. The number of hydrogen-bond donors (Lipinski definition) is 0. The van der Waals surface area contributed by atoms with E-state index in [1.165, 1.54) is 0 Å². The van der Waals surface area contributed by atoms with E-state index in [-0.39, 0.29) is 0 Å². The Labute approximate surface area is 124 Å². The average Bonchev–Trinajstić information content (AvgIpc) is 3.14. The van der Waals surface area contributed by atoms with E-state index < -0.39 is 0 Å². The molecular formula is C15H11N5S. The van der Waals surface area contributed by atoms with Gasteiger partial charge in [0.25, 0.3) is 0 Å². The second-order valence-corrected chi connectivity index (χ2v) is 5.71. The summed E-state index contributed by atoms with van der Waals surface area (Å²) in [6, 6.07) is 10.0. The van der Waals surface area contributed by atoms with Gasteiger partial charge in [-0.2, -0.15) is 4.68 Å². The summed E-state index contributed by atoms with van der Waals surface area (Å²) in [7, 11) is 0. The molecule has 3 heterocycles. The highest BCUT2D eigenvalue weighted by atomic mass is 32.1. The summed E-state index contributed by atoms with van der Waals surface area (Å²) in [5, 5.41) is 9.24. The van der Waals surface area contributed by atoms with Crippen molar-refractivity contribution in [2.24, 2.45) is 0 Å². The number of rotatable bonds is 2. The maximum absolute atomic E-state index is 4.58. The molecular weight excluding hydrogens is 282 g/mol. The van der Waals surface area contributed by atoms with Crippen LogP contribution >= 0.6 is 11.3 Å². The first-order valence-electron chi connectivity index (χ1n) is 6.50. The topological polar surface area (TPSA) is 56.5 Å². The van der Waals surface area contributed by atoms with Crippen LogP contribution in [0.3, 0.4) is 0 Å². The molecule has 0 radical (unpaired) electrons. The van der Waals surface area contributed by atoms with Gasteiger partial charge in [-0.15, -0.1) is 5.10 Å². The molecule has 0 aliphatic carbocycles. The maximum Gasteiger partial charge on any atom is 0.212 e. The van der Waals surface area contributed by atoms with Gasteiger partial charge in [-0.05, 0) is 30.7 Å². The molecule has 0 bridgehead atoms. The SMILES string of the molecule is Cc1ccncc1-c1cn(-c2nc3ccccc3s2)nn1. The minimum Gasteiger partial charge on any atom is -0.264 e. The summed E-state index contributed by atoms with van der Waals surface area (Å²) < 4.78 is 2.86. The fourth-order valence-corrected chi connectivity index (χ4v) is 3.06. The number of benzene rings is 1. The molecule has 0 unspecified atom stereocenters. The minimum absolute atomic E-state index is 0.805. The third-order valence-corrected chi connectivity index (χ3v) is 4.31. The lowest BCUT2D eigenvalue weighted by molar-refractivity contribution is 0.799. The predicted molar refractivity (Wildman–Crippen MR) is 82.5 cm³/mol. The molecule has 5 nitrogen and oxygen atoms in total. The van der Waals surface area contributed by atoms with E-state index in [9.17, 15) is 0 Å². The zero-order valence-electron chi connectivity index (χ0n) is 11.3. The van der Waals surface area contributed by atoms with Crippen molar-refractivity contribution in [1.82, 2.24) is 25.0 Å². The summed E-state index contributed by atoms with van der Waals surface area (Å²) in [6.45, 7) is 2.04. The van der Waals surface area contributed by atoms with Crippen molar-refractivity contribution in [3.63, 3.8) is 0 Å². The third-order valence-electron chi connectivity index (χ3n) is 3.29. The zero-order valence-corrected chi connectivity index (χ0v) is 12.1. The summed E-state index contributed by atoms with van der Waals surface area (Å²) in [6.07, 6.45) is 5.47. The Morgan fingerprint density at radius 3 is 2.90 bits per heavy atom. The summed E-state index contributed by atoms with van der Waals surface area (Å²) in [5.41, 5.74) is 3.90. The molecule has 102 valence electrons. The quantitative estimate of drug-likeness (QED) is 0.569. The van der Waals surface area contributed by atoms with Gasteiger partial charge < -0.3 is 0 Å². The number of para-hydroxylation sites is 1. The van der Waals surface area contributed by atoms with Crippen LogP contribution in [0.4, 0.5) is 0 Å². The van der Waals surface area contributed by atoms with Gasteiger partial charge in [0.05, 0.1) is 16.4 Å². The van der Waals surface area contributed by atoms with Crippen LogP contribution < -0.4 is 0 Å². The Balaban J connectivity index is 1.79. The lowest BCUT2D eigenvalue weighted by Crippen LogP contribution is -1.92. The lowest BCUT2D eigenvalue weighted by atomic mass is 10.1. The van der Waals surface area contributed by atoms with Crippen LogP contribution in [-0.4, -0.2) is 25.0 Å². The van der Waals surface area contributed by atoms with Crippen LogP contribution in [-0.2, 0) is 0 Å². The molecule has 0 aliphatic heterocycles. The third kappa shape index (κ3) is 2.09. The molecule has 0 saturated heterocycles. The Morgan fingerprint density at radius 1 is 1.14 bits per heavy atom. The molecule has 0 atom stereocenters. The van der Waals surface area contributed by atoms with E-state index in [0.29, 0.717) is 0 Å². The summed E-state index contributed by atoms with van der Waals surface area (Å²) >= 11 is 1.60. The number of nitrogens with zero attached hydrogens (tertiary/aromatic N) is 5. The smallest absolute Gasteiger partial charge is 0.212 e. The van der Waals surface area contributed by atoms with E-state index in [0.717, 1.165) is 32.2 Å². The van der Waals surface area contributed by atoms with Crippen molar-refractivity contribution in [2.45, 2.75) is 6.92 Å². The van der Waals surface area contributed by atoms with Gasteiger partial charge in [-0.25, -0.2) is 4.98 Å². The van der Waals surface area contributed by atoms with E-state index in [1.807, 2.05) is 43.6 Å². The van der Waals surface area contributed by atoms with Gasteiger partial charge in [-0.1, -0.05) is 28.7 Å². The minimum atomic E-state index is 0.805. The molecule has 0 amide bonds. The molecule has 0 N–H and O–H groups in total. The number of pyridine rings is 1. The first-order chi connectivity index (χ1) is 10.3. The predicted octanol–water partition coefficient (Wildman–Crippen LogP) is 3.25. The van der Waals surface area contributed by atoms with Gasteiger partial charge in [0.2, 0.25) is 5.13 Å². The van der Waals surface area contributed by atoms with Crippen LogP contribution in [0.5, 0.6) is 0 Å². The van der Waals surface area contributed by atoms with Crippen molar-refractivity contribution >= 4 is 21.6 Å². The Kier molecular flexibility index (Phi) is 2.75. The molecule has 0 saturated carbocycles. The Morgan fingerprint density at radius 2 is 2.05 bits per heavy atom. The molecule has 3 aromatic heterocycles. The second-order valence-electron chi connectivity index (χ2n) is 4.70. The number of aryl methyl sites for hydroxylation is 1. The van der Waals surface area contributed by atoms with Gasteiger partial charge in [0, 0.05) is 18.0 Å². The van der Waals surface area contributed by atoms with E-state index in [1.54, 1.807) is 22.2 Å². The van der Waals surface area contributed by atoms with Crippen LogP contribution in [0.1, 0.15) is 5.56 Å². The van der Waals surface area contributed by atoms with Gasteiger partial charge in [-0.3, -0.25) is 4.98 Å². The van der Waals surface area contributed by atoms with E-state index >= 15 is 0 Å². The van der Waals surface area contributed by atoms with Gasteiger partial charge >= 0.3 is 0 Å². The fourth-order valence-electron chi connectivity index (χ4n) is 2.17. The average molecular weight is 293 g/mol. The highest BCUT2D eigenvalue weighted by Gasteiger charge is 2.10. The summed E-state index contributed by atoms with van der Waals surface area (Å²) in [4.78, 5) is 8.72. The standard InChI is InChI=1S/C15H11N5S/c1-10-6-7-16-8-11(10)13-9-20(19-18-13)15-17-12-4-2-3-5-14(12)21-15/h2-9H,1H3. The highest BCUT2D eigenvalue weighted by molar-refractivity contribution is 7.20. The van der Waals surface area contributed by atoms with E-state index in [2.05, 4.69) is 26.3 Å². The number of fused-ring (bicyclic) bond motifs is 1. The van der Waals surface area contributed by atoms with Crippen molar-refractivity contribution in [3.8, 4) is 16.4 Å². The molecule has 0 aliphatic rings. The zero-order chi connectivity index (χ0) is 14.2. The number of hydrogen-bond acceptors (Lipinski definition) is 5. The maximum atomic E-state index is 4.58. The van der Waals surface area contributed by atoms with Crippen molar-refractivity contribution < 1.29 is 0 Å². The van der Waals surface area contributed by atoms with Crippen LogP contribution in [0.25, 0.3) is 26.6 Å². The number of thiazole rings is 1. The van der Waals surface area contributed by atoms with Crippen LogP contribution in [0.2, 0.25) is 0 Å². The Hall–Kier alpha value is -2.60. The second kappa shape index (κ2) is 4.75. The highest BCUT2D eigenvalue weighted by Crippen LogP contribution is 2.25. The molecule has 4 rings (SSSR count). The molecule has 0 fully saturated rings. The van der Waals surface area contributed by atoms with Crippen molar-refractivity contribution in [2.75, 3.05) is 0 Å². The van der Waals surface area contributed by atoms with Crippen LogP contribution in [0, 0.1) is 6.92 Å². The Bertz CT molecular complexity index is 891. The first-order valence-corrected chi connectivity index (χ1v) is 7.32.